The van der Waals surface area contributed by atoms with Crippen LogP contribution in [0.25, 0.3) is 11.1 Å². The van der Waals surface area contributed by atoms with Crippen LogP contribution in [0.2, 0.25) is 0 Å². The average molecular weight is 576 g/mol. The van der Waals surface area contributed by atoms with Crippen LogP contribution >= 0.6 is 0 Å². The smallest absolute Gasteiger partial charge is 0.235 e. The maximum absolute atomic E-state index is 14.0. The van der Waals surface area contributed by atoms with E-state index < -0.39 is 64.4 Å². The number of phenols is 1. The number of hydrogen-bond acceptors (Lipinski definition) is 9. The van der Waals surface area contributed by atoms with Crippen molar-refractivity contribution >= 4 is 40.6 Å². The molecule has 2 aromatic carbocycles. The van der Waals surface area contributed by atoms with Gasteiger partial charge in [-0.25, -0.2) is 0 Å². The fourth-order valence-electron chi connectivity index (χ4n) is 7.09. The van der Waals surface area contributed by atoms with Gasteiger partial charge in [-0.1, -0.05) is 25.1 Å². The molecular formula is C31H33N3O8. The van der Waals surface area contributed by atoms with E-state index in [1.807, 2.05) is 6.92 Å². The van der Waals surface area contributed by atoms with E-state index in [4.69, 9.17) is 5.73 Å². The lowest BCUT2D eigenvalue weighted by Gasteiger charge is -2.52. The first-order valence-corrected chi connectivity index (χ1v) is 13.9. The largest absolute Gasteiger partial charge is 0.507 e. The fourth-order valence-corrected chi connectivity index (χ4v) is 7.09. The summed E-state index contributed by atoms with van der Waals surface area (Å²) in [6.07, 6.45) is 1.15. The van der Waals surface area contributed by atoms with Crippen LogP contribution in [0.4, 0.5) is 5.69 Å². The number of likely N-dealkylation sites (N-methyl/N-ethyl adjacent to an activating group) is 1. The second kappa shape index (κ2) is 10.6. The van der Waals surface area contributed by atoms with E-state index in [-0.39, 0.29) is 30.1 Å². The van der Waals surface area contributed by atoms with Crippen molar-refractivity contribution in [2.45, 2.75) is 44.2 Å². The van der Waals surface area contributed by atoms with Gasteiger partial charge in [-0.05, 0) is 74.2 Å². The number of aromatic hydroxyl groups is 1. The summed E-state index contributed by atoms with van der Waals surface area (Å²) in [6, 6.07) is 8.88. The average Bonchev–Trinajstić information content (AvgIpc) is 2.90. The molecule has 3 aliphatic carbocycles. The highest BCUT2D eigenvalue weighted by Gasteiger charge is 2.69. The van der Waals surface area contributed by atoms with Gasteiger partial charge in [0.2, 0.25) is 11.8 Å². The van der Waals surface area contributed by atoms with Gasteiger partial charge in [-0.2, -0.15) is 0 Å². The van der Waals surface area contributed by atoms with Crippen LogP contribution in [-0.4, -0.2) is 75.8 Å². The molecule has 11 nitrogen and oxygen atoms in total. The second-order valence-corrected chi connectivity index (χ2v) is 11.7. The molecule has 0 aliphatic heterocycles. The number of ketones is 4. The van der Waals surface area contributed by atoms with Gasteiger partial charge in [-0.15, -0.1) is 0 Å². The maximum atomic E-state index is 14.0. The summed E-state index contributed by atoms with van der Waals surface area (Å²) in [5, 5.41) is 25.3. The Bertz CT molecular complexity index is 1550. The zero-order chi connectivity index (χ0) is 30.7. The normalized spacial score (nSPS) is 28.6. The van der Waals surface area contributed by atoms with Gasteiger partial charge in [0.15, 0.2) is 34.7 Å². The molecule has 5 rings (SSSR count). The lowest BCUT2D eigenvalue weighted by Crippen LogP contribution is -2.74. The van der Waals surface area contributed by atoms with E-state index in [0.29, 0.717) is 35.2 Å². The van der Waals surface area contributed by atoms with E-state index in [9.17, 15) is 39.0 Å². The Morgan fingerprint density at radius 3 is 2.45 bits per heavy atom. The lowest BCUT2D eigenvalue weighted by atomic mass is 9.52. The van der Waals surface area contributed by atoms with Crippen LogP contribution in [0.5, 0.6) is 5.75 Å². The van der Waals surface area contributed by atoms with E-state index in [1.165, 1.54) is 25.1 Å². The third-order valence-electron chi connectivity index (χ3n) is 8.88. The number of rotatable bonds is 6. The quantitative estimate of drug-likeness (QED) is 0.368. The molecule has 0 spiro atoms. The minimum Gasteiger partial charge on any atom is -0.507 e. The fraction of sp³-hybridized carbons (Fsp3) is 0.419. The third kappa shape index (κ3) is 4.35. The Kier molecular flexibility index (Phi) is 7.36. The predicted molar refractivity (Wildman–Crippen MR) is 150 cm³/mol. The van der Waals surface area contributed by atoms with Crippen molar-refractivity contribution in [3.05, 3.63) is 47.5 Å². The number of phenolic OH excluding ortho intramolecular Hbond substituents is 1. The molecule has 2 saturated carbocycles. The van der Waals surface area contributed by atoms with E-state index >= 15 is 0 Å². The summed E-state index contributed by atoms with van der Waals surface area (Å²) in [4.78, 5) is 80.3. The number of carbonyl (C=O) groups excluding carboxylic acids is 6. The van der Waals surface area contributed by atoms with E-state index in [0.717, 1.165) is 0 Å². The van der Waals surface area contributed by atoms with Gasteiger partial charge in [0.05, 0.1) is 17.5 Å². The topological polar surface area (TPSA) is 184 Å². The first-order chi connectivity index (χ1) is 19.8. The summed E-state index contributed by atoms with van der Waals surface area (Å²) in [5.41, 5.74) is 4.84. The van der Waals surface area contributed by atoms with Crippen molar-refractivity contribution in [3.63, 3.8) is 0 Å². The van der Waals surface area contributed by atoms with Gasteiger partial charge in [0.1, 0.15) is 5.75 Å². The van der Waals surface area contributed by atoms with Gasteiger partial charge in [-0.3, -0.25) is 33.7 Å². The van der Waals surface area contributed by atoms with Crippen molar-refractivity contribution in [1.29, 1.82) is 0 Å². The number of primary amides is 1. The Labute approximate surface area is 242 Å². The second-order valence-electron chi connectivity index (χ2n) is 11.7. The Balaban J connectivity index is 1.60. The molecule has 0 aromatic heterocycles. The molecule has 2 fully saturated rings. The lowest BCUT2D eigenvalue weighted by molar-refractivity contribution is -0.181. The van der Waals surface area contributed by atoms with Crippen LogP contribution in [0.15, 0.2) is 36.4 Å². The number of benzene rings is 2. The summed E-state index contributed by atoms with van der Waals surface area (Å²) in [6.45, 7) is 1.90. The Morgan fingerprint density at radius 2 is 1.81 bits per heavy atom. The molecule has 6 atom stereocenters. The highest BCUT2D eigenvalue weighted by atomic mass is 16.3. The monoisotopic (exact) mass is 575 g/mol. The number of carbonyl (C=O) groups is 6. The SMILES string of the molecule is CCCC(=O)Nc1cccc(-c2ccc(O)c3c2CC2CC4C(N(C)C)C(=O)C(C(N)=O)C(=O)C4(O)C(=O)C2C3=O)c1. The standard InChI is InChI=1S/C31H33N3O8/c1-4-6-21(36)33-16-8-5-7-14(11-16)17-9-10-20(35)23-18(17)12-15-13-19-25(34(2)3)27(38)24(30(32)41)29(40)31(19,42)28(39)22(15)26(23)37/h5,7-11,15,19,22,24-25,35,42H,4,6,12-13H2,1-3H3,(H2,32,41)(H,33,36). The summed E-state index contributed by atoms with van der Waals surface area (Å²) in [7, 11) is 3.08. The van der Waals surface area contributed by atoms with Crippen molar-refractivity contribution < 1.29 is 39.0 Å². The number of amides is 2. The summed E-state index contributed by atoms with van der Waals surface area (Å²) >= 11 is 0. The molecule has 11 heteroatoms. The number of hydrogen-bond donors (Lipinski definition) is 4. The van der Waals surface area contributed by atoms with Crippen LogP contribution in [0.1, 0.15) is 42.1 Å². The minimum atomic E-state index is -2.77. The maximum Gasteiger partial charge on any atom is 0.235 e. The van der Waals surface area contributed by atoms with Gasteiger partial charge < -0.3 is 21.3 Å². The zero-order valence-corrected chi connectivity index (χ0v) is 23.5. The highest BCUT2D eigenvalue weighted by Crippen LogP contribution is 2.51. The van der Waals surface area contributed by atoms with Crippen molar-refractivity contribution in [2.75, 3.05) is 19.4 Å². The van der Waals surface area contributed by atoms with Crippen molar-refractivity contribution in [1.82, 2.24) is 4.90 Å². The molecule has 6 unspecified atom stereocenters. The Morgan fingerprint density at radius 1 is 1.10 bits per heavy atom. The van der Waals surface area contributed by atoms with Gasteiger partial charge in [0.25, 0.3) is 0 Å². The summed E-state index contributed by atoms with van der Waals surface area (Å²) in [5.74, 6) is -11.1. The zero-order valence-electron chi connectivity index (χ0n) is 23.5. The number of nitrogens with zero attached hydrogens (tertiary/aromatic N) is 1. The minimum absolute atomic E-state index is 0.0356. The number of Topliss-reactive ketones (excluding diaryl/α,β-unsaturated/α-hetero) is 4. The number of anilines is 1. The van der Waals surface area contributed by atoms with Crippen LogP contribution in [0, 0.1) is 23.7 Å². The molecule has 0 bridgehead atoms. The number of nitrogens with one attached hydrogen (secondary N) is 1. The molecule has 0 radical (unpaired) electrons. The van der Waals surface area contributed by atoms with Crippen LogP contribution in [-0.2, 0) is 30.4 Å². The molecule has 0 saturated heterocycles. The van der Waals surface area contributed by atoms with Crippen molar-refractivity contribution in [3.8, 4) is 16.9 Å². The molecular weight excluding hydrogens is 542 g/mol. The number of fused-ring (bicyclic) bond motifs is 3. The van der Waals surface area contributed by atoms with Crippen molar-refractivity contribution in [2.24, 2.45) is 29.4 Å². The predicted octanol–water partition coefficient (Wildman–Crippen LogP) is 1.27. The summed E-state index contributed by atoms with van der Waals surface area (Å²) < 4.78 is 0. The third-order valence-corrected chi connectivity index (χ3v) is 8.88. The molecule has 5 N–H and O–H groups in total. The van der Waals surface area contributed by atoms with E-state index in [1.54, 1.807) is 30.3 Å². The van der Waals surface area contributed by atoms with Gasteiger partial charge in [0, 0.05) is 18.0 Å². The van der Waals surface area contributed by atoms with Crippen LogP contribution in [0.3, 0.4) is 0 Å². The molecule has 2 amide bonds. The number of nitrogens with two attached hydrogens (primary N) is 1. The Hall–Kier alpha value is -4.22. The molecule has 2 aromatic rings. The first-order valence-electron chi connectivity index (χ1n) is 13.9. The van der Waals surface area contributed by atoms with Crippen LogP contribution < -0.4 is 11.1 Å². The molecule has 3 aliphatic rings. The van der Waals surface area contributed by atoms with Gasteiger partial charge >= 0.3 is 0 Å². The molecule has 0 heterocycles. The highest BCUT2D eigenvalue weighted by molar-refractivity contribution is 6.32. The molecule has 42 heavy (non-hydrogen) atoms. The molecule has 220 valence electrons. The first kappa shape index (κ1) is 29.3. The van der Waals surface area contributed by atoms with E-state index in [2.05, 4.69) is 5.32 Å². The number of aliphatic hydroxyl groups is 1.